The molecule has 5 nitrogen and oxygen atoms in total. The third-order valence-corrected chi connectivity index (χ3v) is 8.42. The van der Waals surface area contributed by atoms with Gasteiger partial charge in [-0.2, -0.15) is 0 Å². The van der Waals surface area contributed by atoms with E-state index in [1.807, 2.05) is 0 Å². The van der Waals surface area contributed by atoms with E-state index < -0.39 is 17.0 Å². The van der Waals surface area contributed by atoms with Crippen molar-refractivity contribution in [2.45, 2.75) is 94.5 Å². The molecule has 2 aromatic carbocycles. The number of ether oxygens (including phenoxy) is 2. The van der Waals surface area contributed by atoms with Gasteiger partial charge in [-0.3, -0.25) is 0 Å². The van der Waals surface area contributed by atoms with Crippen LogP contribution < -0.4 is 10.6 Å². The molecule has 5 atom stereocenters. The molecule has 4 aliphatic rings. The Morgan fingerprint density at radius 2 is 1.71 bits per heavy atom. The van der Waals surface area contributed by atoms with Crippen LogP contribution in [-0.2, 0) is 33.7 Å². The molecule has 4 heterocycles. The molecule has 0 aromatic heterocycles. The number of rotatable bonds is 3. The predicted octanol–water partition coefficient (Wildman–Crippen LogP) is 4.22. The molecule has 0 aliphatic carbocycles. The maximum absolute atomic E-state index is 11.8. The van der Waals surface area contributed by atoms with Crippen LogP contribution >= 0.6 is 0 Å². The van der Waals surface area contributed by atoms with Gasteiger partial charge < -0.3 is 25.2 Å². The van der Waals surface area contributed by atoms with Crippen LogP contribution in [0.4, 0.5) is 0 Å². The lowest BCUT2D eigenvalue weighted by atomic mass is 9.77. The van der Waals surface area contributed by atoms with Crippen molar-refractivity contribution < 1.29 is 14.6 Å². The second kappa shape index (κ2) is 8.14. The van der Waals surface area contributed by atoms with Crippen LogP contribution in [0.5, 0.6) is 0 Å². The van der Waals surface area contributed by atoms with Gasteiger partial charge in [0.15, 0.2) is 0 Å². The summed E-state index contributed by atoms with van der Waals surface area (Å²) in [6.45, 7) is 8.39. The second-order valence-electron chi connectivity index (χ2n) is 11.6. The number of nitrogens with one attached hydrogen (secondary N) is 2. The van der Waals surface area contributed by atoms with Crippen LogP contribution in [0.25, 0.3) is 0 Å². The van der Waals surface area contributed by atoms with Crippen molar-refractivity contribution in [1.29, 1.82) is 0 Å². The van der Waals surface area contributed by atoms with E-state index in [0.717, 1.165) is 50.8 Å². The SMILES string of the molecule is CC1(C)Cc2cc(C3(C)Cc4ccccc4[C@H]([C@@H]4CCCN4)O3)ccc2[C@](O)([C@@H]2CCCN2)O1. The average Bonchev–Trinajstić information content (AvgIpc) is 3.52. The zero-order valence-electron chi connectivity index (χ0n) is 20.7. The molecule has 5 heteroatoms. The Morgan fingerprint density at radius 3 is 2.47 bits per heavy atom. The smallest absolute Gasteiger partial charge is 0.209 e. The zero-order chi connectivity index (χ0) is 23.6. The van der Waals surface area contributed by atoms with Gasteiger partial charge in [0.25, 0.3) is 0 Å². The van der Waals surface area contributed by atoms with Crippen LogP contribution in [0.2, 0.25) is 0 Å². The minimum Gasteiger partial charge on any atom is -0.361 e. The highest BCUT2D eigenvalue weighted by Gasteiger charge is 2.50. The van der Waals surface area contributed by atoms with Crippen molar-refractivity contribution >= 4 is 0 Å². The van der Waals surface area contributed by atoms with E-state index in [1.54, 1.807) is 0 Å². The van der Waals surface area contributed by atoms with Gasteiger partial charge in [0.2, 0.25) is 5.79 Å². The van der Waals surface area contributed by atoms with Crippen LogP contribution in [0.15, 0.2) is 42.5 Å². The molecule has 4 aliphatic heterocycles. The highest BCUT2D eigenvalue weighted by atomic mass is 16.6. The Kier molecular flexibility index (Phi) is 5.43. The van der Waals surface area contributed by atoms with Crippen LogP contribution in [0, 0.1) is 0 Å². The fourth-order valence-corrected chi connectivity index (χ4v) is 6.83. The summed E-state index contributed by atoms with van der Waals surface area (Å²) in [6, 6.07) is 15.6. The van der Waals surface area contributed by atoms with Crippen molar-refractivity contribution in [2.24, 2.45) is 0 Å². The van der Waals surface area contributed by atoms with Crippen molar-refractivity contribution in [3.8, 4) is 0 Å². The first-order valence-corrected chi connectivity index (χ1v) is 13.1. The van der Waals surface area contributed by atoms with Crippen molar-refractivity contribution in [2.75, 3.05) is 13.1 Å². The largest absolute Gasteiger partial charge is 0.361 e. The first-order valence-electron chi connectivity index (χ1n) is 13.1. The lowest BCUT2D eigenvalue weighted by Crippen LogP contribution is -2.55. The molecular weight excluding hydrogens is 424 g/mol. The third-order valence-electron chi connectivity index (χ3n) is 8.42. The first-order chi connectivity index (χ1) is 16.3. The van der Waals surface area contributed by atoms with Gasteiger partial charge in [-0.25, -0.2) is 0 Å². The summed E-state index contributed by atoms with van der Waals surface area (Å²) in [4.78, 5) is 0. The van der Waals surface area contributed by atoms with Crippen molar-refractivity contribution in [1.82, 2.24) is 10.6 Å². The maximum atomic E-state index is 11.8. The standard InChI is InChI=1S/C29H38N2O3/c1-27(2)17-20-16-21(12-13-23(20)29(32,34-27)25-11-7-15-31-25)28(3)18-19-8-4-5-9-22(19)26(33-28)24-10-6-14-30-24/h4-5,8-9,12-13,16,24-26,30-32H,6-7,10-11,14-15,17-18H2,1-3H3/t24-,25-,26+,28?,29+/m0/s1. The zero-order valence-corrected chi connectivity index (χ0v) is 20.7. The van der Waals surface area contributed by atoms with E-state index in [-0.39, 0.29) is 12.1 Å². The molecule has 1 unspecified atom stereocenters. The van der Waals surface area contributed by atoms with Crippen LogP contribution in [0.3, 0.4) is 0 Å². The van der Waals surface area contributed by atoms with Gasteiger partial charge in [-0.15, -0.1) is 0 Å². The summed E-state index contributed by atoms with van der Waals surface area (Å²) in [6.07, 6.45) is 5.99. The Balaban J connectivity index is 1.40. The molecule has 0 spiro atoms. The number of aliphatic hydroxyl groups is 1. The molecule has 0 bridgehead atoms. The molecular formula is C29H38N2O3. The van der Waals surface area contributed by atoms with Crippen molar-refractivity contribution in [3.05, 3.63) is 70.3 Å². The van der Waals surface area contributed by atoms with E-state index in [4.69, 9.17) is 9.47 Å². The van der Waals surface area contributed by atoms with Crippen molar-refractivity contribution in [3.63, 3.8) is 0 Å². The van der Waals surface area contributed by atoms with Gasteiger partial charge in [0.1, 0.15) is 0 Å². The molecule has 2 saturated heterocycles. The predicted molar refractivity (Wildman–Crippen MR) is 133 cm³/mol. The van der Waals surface area contributed by atoms with E-state index in [1.165, 1.54) is 28.7 Å². The topological polar surface area (TPSA) is 62.8 Å². The fraction of sp³-hybridized carbons (Fsp3) is 0.586. The summed E-state index contributed by atoms with van der Waals surface area (Å²) in [7, 11) is 0. The lowest BCUT2D eigenvalue weighted by Gasteiger charge is -2.47. The molecule has 0 radical (unpaired) electrons. The third kappa shape index (κ3) is 3.73. The van der Waals surface area contributed by atoms with Crippen LogP contribution in [0.1, 0.15) is 80.4 Å². The molecule has 34 heavy (non-hydrogen) atoms. The van der Waals surface area contributed by atoms with E-state index in [9.17, 15) is 5.11 Å². The fourth-order valence-electron chi connectivity index (χ4n) is 6.83. The summed E-state index contributed by atoms with van der Waals surface area (Å²) in [5.74, 6) is -1.30. The van der Waals surface area contributed by atoms with Gasteiger partial charge in [-0.05, 0) is 81.8 Å². The number of benzene rings is 2. The lowest BCUT2D eigenvalue weighted by molar-refractivity contribution is -0.288. The molecule has 182 valence electrons. The molecule has 0 saturated carbocycles. The Labute approximate surface area is 203 Å². The van der Waals surface area contributed by atoms with Gasteiger partial charge >= 0.3 is 0 Å². The highest BCUT2D eigenvalue weighted by molar-refractivity contribution is 5.43. The summed E-state index contributed by atoms with van der Waals surface area (Å²) >= 11 is 0. The average molecular weight is 463 g/mol. The molecule has 0 amide bonds. The minimum atomic E-state index is -1.30. The van der Waals surface area contributed by atoms with Gasteiger partial charge in [-0.1, -0.05) is 42.5 Å². The Bertz CT molecular complexity index is 1070. The Hall–Kier alpha value is -1.76. The van der Waals surface area contributed by atoms with Crippen LogP contribution in [-0.4, -0.2) is 35.9 Å². The van der Waals surface area contributed by atoms with E-state index in [0.29, 0.717) is 6.04 Å². The first kappa shape index (κ1) is 22.7. The Morgan fingerprint density at radius 1 is 0.912 bits per heavy atom. The molecule has 2 aromatic rings. The van der Waals surface area contributed by atoms with E-state index in [2.05, 4.69) is 73.9 Å². The maximum Gasteiger partial charge on any atom is 0.209 e. The highest BCUT2D eigenvalue weighted by Crippen LogP contribution is 2.47. The summed E-state index contributed by atoms with van der Waals surface area (Å²) < 4.78 is 13.4. The normalized spacial score (nSPS) is 36.8. The van der Waals surface area contributed by atoms with Gasteiger partial charge in [0.05, 0.1) is 23.3 Å². The molecule has 6 rings (SSSR count). The number of hydrogen-bond donors (Lipinski definition) is 3. The quantitative estimate of drug-likeness (QED) is 0.638. The number of hydrogen-bond acceptors (Lipinski definition) is 5. The number of fused-ring (bicyclic) bond motifs is 2. The van der Waals surface area contributed by atoms with E-state index >= 15 is 0 Å². The van der Waals surface area contributed by atoms with Gasteiger partial charge in [0, 0.05) is 24.4 Å². The molecule has 3 N–H and O–H groups in total. The monoisotopic (exact) mass is 462 g/mol. The second-order valence-corrected chi connectivity index (χ2v) is 11.6. The summed E-state index contributed by atoms with van der Waals surface area (Å²) in [5, 5.41) is 19.0. The summed E-state index contributed by atoms with van der Waals surface area (Å²) in [5.41, 5.74) is 5.10. The minimum absolute atomic E-state index is 0.0490. The molecule has 2 fully saturated rings.